The third-order valence-electron chi connectivity index (χ3n) is 7.90. The summed E-state index contributed by atoms with van der Waals surface area (Å²) in [4.78, 5) is 57.4. The van der Waals surface area contributed by atoms with E-state index < -0.39 is 47.3 Å². The van der Waals surface area contributed by atoms with Crippen molar-refractivity contribution in [2.45, 2.75) is 137 Å². The SMILES string of the molecule is CCCCCCN(C(=O)C(NC(=O)OC(C)(C)C)C(C)CC)C(C(=O)NC(Cc1ccccc1)C(=O)OC(C)(C)C)c1cccc(C)c1. The maximum Gasteiger partial charge on any atom is 0.408 e. The van der Waals surface area contributed by atoms with E-state index in [1.807, 2.05) is 75.4 Å². The summed E-state index contributed by atoms with van der Waals surface area (Å²) in [6, 6.07) is 13.9. The summed E-state index contributed by atoms with van der Waals surface area (Å²) in [5, 5.41) is 5.80. The number of nitrogens with one attached hydrogen (secondary N) is 2. The van der Waals surface area contributed by atoms with E-state index in [-0.39, 0.29) is 24.8 Å². The van der Waals surface area contributed by atoms with Gasteiger partial charge in [0.15, 0.2) is 0 Å². The number of hydrogen-bond acceptors (Lipinski definition) is 6. The molecule has 2 aromatic carbocycles. The van der Waals surface area contributed by atoms with Gasteiger partial charge in [-0.15, -0.1) is 0 Å². The molecule has 0 aliphatic carbocycles. The van der Waals surface area contributed by atoms with Gasteiger partial charge in [-0.3, -0.25) is 9.59 Å². The van der Waals surface area contributed by atoms with Crippen molar-refractivity contribution in [3.63, 3.8) is 0 Å². The molecule has 0 radical (unpaired) electrons. The maximum absolute atomic E-state index is 14.7. The summed E-state index contributed by atoms with van der Waals surface area (Å²) < 4.78 is 11.3. The number of ether oxygens (including phenoxy) is 2. The number of aryl methyl sites for hydroxylation is 1. The minimum Gasteiger partial charge on any atom is -0.458 e. The first-order valence-electron chi connectivity index (χ1n) is 17.4. The van der Waals surface area contributed by atoms with Gasteiger partial charge in [-0.25, -0.2) is 9.59 Å². The van der Waals surface area contributed by atoms with E-state index in [4.69, 9.17) is 9.47 Å². The molecule has 0 aliphatic rings. The van der Waals surface area contributed by atoms with Crippen molar-refractivity contribution in [1.82, 2.24) is 15.5 Å². The largest absolute Gasteiger partial charge is 0.458 e. The van der Waals surface area contributed by atoms with E-state index in [1.54, 1.807) is 46.4 Å². The third kappa shape index (κ3) is 13.7. The van der Waals surface area contributed by atoms with Crippen molar-refractivity contribution < 1.29 is 28.7 Å². The highest BCUT2D eigenvalue weighted by molar-refractivity contribution is 5.94. The molecule has 0 saturated carbocycles. The number of esters is 1. The lowest BCUT2D eigenvalue weighted by atomic mass is 9.94. The van der Waals surface area contributed by atoms with E-state index in [2.05, 4.69) is 17.6 Å². The van der Waals surface area contributed by atoms with Gasteiger partial charge >= 0.3 is 12.1 Å². The molecule has 0 saturated heterocycles. The molecule has 4 unspecified atom stereocenters. The molecular weight excluding hydrogens is 606 g/mol. The summed E-state index contributed by atoms with van der Waals surface area (Å²) in [5.74, 6) is -1.70. The van der Waals surface area contributed by atoms with Crippen LogP contribution in [0.15, 0.2) is 54.6 Å². The number of benzene rings is 2. The molecule has 0 fully saturated rings. The Morgan fingerprint density at radius 2 is 1.46 bits per heavy atom. The number of amides is 3. The number of unbranched alkanes of at least 4 members (excludes halogenated alkanes) is 3. The van der Waals surface area contributed by atoms with Gasteiger partial charge in [-0.1, -0.05) is 107 Å². The van der Waals surface area contributed by atoms with Crippen molar-refractivity contribution in [3.05, 3.63) is 71.3 Å². The molecule has 0 bridgehead atoms. The van der Waals surface area contributed by atoms with Crippen LogP contribution in [0, 0.1) is 12.8 Å². The van der Waals surface area contributed by atoms with Crippen LogP contribution in [-0.4, -0.2) is 58.6 Å². The molecule has 0 spiro atoms. The maximum atomic E-state index is 14.7. The smallest absolute Gasteiger partial charge is 0.408 e. The van der Waals surface area contributed by atoms with Gasteiger partial charge in [-0.2, -0.15) is 0 Å². The van der Waals surface area contributed by atoms with Crippen LogP contribution >= 0.6 is 0 Å². The van der Waals surface area contributed by atoms with E-state index in [0.29, 0.717) is 18.4 Å². The van der Waals surface area contributed by atoms with Crippen LogP contribution in [0.4, 0.5) is 4.79 Å². The molecule has 4 atom stereocenters. The fourth-order valence-electron chi connectivity index (χ4n) is 5.35. The van der Waals surface area contributed by atoms with Gasteiger partial charge in [0, 0.05) is 13.0 Å². The Morgan fingerprint density at radius 1 is 0.812 bits per heavy atom. The highest BCUT2D eigenvalue weighted by atomic mass is 16.6. The monoisotopic (exact) mass is 665 g/mol. The summed E-state index contributed by atoms with van der Waals surface area (Å²) in [6.07, 6.45) is 3.63. The number of rotatable bonds is 16. The summed E-state index contributed by atoms with van der Waals surface area (Å²) in [5.41, 5.74) is 0.852. The van der Waals surface area contributed by atoms with Crippen molar-refractivity contribution in [3.8, 4) is 0 Å². The van der Waals surface area contributed by atoms with Crippen LogP contribution in [0.3, 0.4) is 0 Å². The third-order valence-corrected chi connectivity index (χ3v) is 7.90. The molecule has 0 heterocycles. The molecule has 48 heavy (non-hydrogen) atoms. The second-order valence-electron chi connectivity index (χ2n) is 14.7. The fraction of sp³-hybridized carbons (Fsp3) is 0.590. The first-order chi connectivity index (χ1) is 22.5. The molecular formula is C39H59N3O6. The van der Waals surface area contributed by atoms with E-state index in [1.165, 1.54) is 0 Å². The van der Waals surface area contributed by atoms with Gasteiger partial charge in [0.1, 0.15) is 29.3 Å². The molecule has 3 amide bonds. The first kappa shape index (κ1) is 40.3. The first-order valence-corrected chi connectivity index (χ1v) is 17.4. The minimum atomic E-state index is -1.08. The average Bonchev–Trinajstić information content (AvgIpc) is 2.99. The minimum absolute atomic E-state index is 0.210. The van der Waals surface area contributed by atoms with Gasteiger partial charge in [0.25, 0.3) is 0 Å². The van der Waals surface area contributed by atoms with E-state index >= 15 is 0 Å². The highest BCUT2D eigenvalue weighted by Gasteiger charge is 2.39. The van der Waals surface area contributed by atoms with Crippen LogP contribution in [0.2, 0.25) is 0 Å². The van der Waals surface area contributed by atoms with Crippen molar-refractivity contribution in [2.24, 2.45) is 5.92 Å². The second kappa shape index (κ2) is 18.6. The van der Waals surface area contributed by atoms with Crippen molar-refractivity contribution in [1.29, 1.82) is 0 Å². The van der Waals surface area contributed by atoms with Crippen LogP contribution in [0.1, 0.15) is 117 Å². The van der Waals surface area contributed by atoms with Crippen LogP contribution in [0.25, 0.3) is 0 Å². The number of carbonyl (C=O) groups excluding carboxylic acids is 4. The normalized spacial score (nSPS) is 14.2. The molecule has 2 N–H and O–H groups in total. The molecule has 0 aliphatic heterocycles. The zero-order valence-electron chi connectivity index (χ0n) is 30.9. The Labute approximate surface area is 288 Å². The zero-order valence-corrected chi connectivity index (χ0v) is 30.9. The number of alkyl carbamates (subject to hydrolysis) is 1. The lowest BCUT2D eigenvalue weighted by Crippen LogP contribution is -2.56. The summed E-state index contributed by atoms with van der Waals surface area (Å²) in [7, 11) is 0. The number of carbonyl (C=O) groups is 4. The predicted octanol–water partition coefficient (Wildman–Crippen LogP) is 7.45. The van der Waals surface area contributed by atoms with Gasteiger partial charge in [-0.05, 0) is 71.9 Å². The average molecular weight is 666 g/mol. The molecule has 9 heteroatoms. The molecule has 2 rings (SSSR count). The Morgan fingerprint density at radius 3 is 2.02 bits per heavy atom. The topological polar surface area (TPSA) is 114 Å². The van der Waals surface area contributed by atoms with Crippen molar-refractivity contribution >= 4 is 23.9 Å². The van der Waals surface area contributed by atoms with E-state index in [9.17, 15) is 19.2 Å². The van der Waals surface area contributed by atoms with Crippen LogP contribution in [-0.2, 0) is 30.3 Å². The molecule has 0 aromatic heterocycles. The second-order valence-corrected chi connectivity index (χ2v) is 14.7. The summed E-state index contributed by atoms with van der Waals surface area (Å²) in [6.45, 7) is 18.8. The summed E-state index contributed by atoms with van der Waals surface area (Å²) >= 11 is 0. The Balaban J connectivity index is 2.65. The quantitative estimate of drug-likeness (QED) is 0.142. The Hall–Kier alpha value is -3.88. The lowest BCUT2D eigenvalue weighted by molar-refractivity contribution is -0.159. The molecule has 9 nitrogen and oxygen atoms in total. The van der Waals surface area contributed by atoms with Crippen molar-refractivity contribution in [2.75, 3.05) is 6.54 Å². The van der Waals surface area contributed by atoms with Crippen LogP contribution < -0.4 is 10.6 Å². The van der Waals surface area contributed by atoms with Crippen LogP contribution in [0.5, 0.6) is 0 Å². The fourth-order valence-corrected chi connectivity index (χ4v) is 5.35. The lowest BCUT2D eigenvalue weighted by Gasteiger charge is -2.37. The zero-order chi connectivity index (χ0) is 36.1. The highest BCUT2D eigenvalue weighted by Crippen LogP contribution is 2.27. The van der Waals surface area contributed by atoms with Gasteiger partial charge in [0.2, 0.25) is 11.8 Å². The standard InChI is InChI=1S/C39H59N3O6/c1-11-13-14-18-24-42(35(44)32(28(4)12-2)41-37(46)48-39(8,9)10)33(30-23-19-20-27(3)25-30)34(43)40-31(36(45)47-38(5,6)7)26-29-21-16-15-17-22-29/h15-17,19-23,25,28,31-33H,11-14,18,24,26H2,1-10H3,(H,40,43)(H,41,46). The Bertz CT molecular complexity index is 1330. The Kier molecular flexibility index (Phi) is 15.6. The number of hydrogen-bond donors (Lipinski definition) is 2. The molecule has 266 valence electrons. The number of nitrogens with zero attached hydrogens (tertiary/aromatic N) is 1. The van der Waals surface area contributed by atoms with Gasteiger partial charge in [0.05, 0.1) is 0 Å². The van der Waals surface area contributed by atoms with Gasteiger partial charge < -0.3 is 25.0 Å². The predicted molar refractivity (Wildman–Crippen MR) is 190 cm³/mol. The molecule has 2 aromatic rings. The van der Waals surface area contributed by atoms with E-state index in [0.717, 1.165) is 30.4 Å².